The Labute approximate surface area is 122 Å². The number of aryl methyl sites for hydroxylation is 1. The van der Waals surface area contributed by atoms with Crippen LogP contribution in [0.3, 0.4) is 0 Å². The van der Waals surface area contributed by atoms with Crippen LogP contribution in [-0.2, 0) is 0 Å². The van der Waals surface area contributed by atoms with Crippen molar-refractivity contribution in [1.82, 2.24) is 0 Å². The quantitative estimate of drug-likeness (QED) is 0.567. The maximum absolute atomic E-state index is 13.3. The van der Waals surface area contributed by atoms with Gasteiger partial charge in [-0.2, -0.15) is 0 Å². The van der Waals surface area contributed by atoms with E-state index in [4.69, 9.17) is 5.73 Å². The molecule has 0 aromatic heterocycles. The number of ketones is 1. The van der Waals surface area contributed by atoms with Crippen molar-refractivity contribution >= 4 is 22.2 Å². The summed E-state index contributed by atoms with van der Waals surface area (Å²) in [6, 6.07) is 15.1. The van der Waals surface area contributed by atoms with Gasteiger partial charge in [0, 0.05) is 16.8 Å². The van der Waals surface area contributed by atoms with Crippen LogP contribution in [-0.4, -0.2) is 5.78 Å². The summed E-state index contributed by atoms with van der Waals surface area (Å²) < 4.78 is 13.3. The van der Waals surface area contributed by atoms with E-state index >= 15 is 0 Å². The van der Waals surface area contributed by atoms with Gasteiger partial charge in [-0.05, 0) is 53.6 Å². The Morgan fingerprint density at radius 3 is 2.48 bits per heavy atom. The van der Waals surface area contributed by atoms with Gasteiger partial charge in [0.05, 0.1) is 0 Å². The van der Waals surface area contributed by atoms with Crippen LogP contribution in [0.15, 0.2) is 54.6 Å². The SMILES string of the molecule is Cc1ccc(C(=O)c2ccc3ccc(F)cc3c2)c(N)c1. The van der Waals surface area contributed by atoms with Gasteiger partial charge in [0.25, 0.3) is 0 Å². The minimum Gasteiger partial charge on any atom is -0.398 e. The van der Waals surface area contributed by atoms with Crippen molar-refractivity contribution < 1.29 is 9.18 Å². The predicted molar refractivity (Wildman–Crippen MR) is 82.9 cm³/mol. The zero-order valence-electron chi connectivity index (χ0n) is 11.6. The topological polar surface area (TPSA) is 43.1 Å². The van der Waals surface area contributed by atoms with Gasteiger partial charge in [0.15, 0.2) is 5.78 Å². The van der Waals surface area contributed by atoms with Gasteiger partial charge in [0.1, 0.15) is 5.82 Å². The van der Waals surface area contributed by atoms with E-state index in [1.165, 1.54) is 12.1 Å². The van der Waals surface area contributed by atoms with E-state index < -0.39 is 0 Å². The largest absolute Gasteiger partial charge is 0.398 e. The van der Waals surface area contributed by atoms with Crippen LogP contribution in [0.1, 0.15) is 21.5 Å². The molecule has 3 aromatic carbocycles. The lowest BCUT2D eigenvalue weighted by molar-refractivity contribution is 0.103. The molecule has 0 radical (unpaired) electrons. The molecule has 0 aliphatic heterocycles. The van der Waals surface area contributed by atoms with Gasteiger partial charge in [-0.25, -0.2) is 4.39 Å². The lowest BCUT2D eigenvalue weighted by Gasteiger charge is -2.07. The lowest BCUT2D eigenvalue weighted by Crippen LogP contribution is -2.05. The summed E-state index contributed by atoms with van der Waals surface area (Å²) in [6.07, 6.45) is 0. The Kier molecular flexibility index (Phi) is 3.18. The molecule has 3 rings (SSSR count). The summed E-state index contributed by atoms with van der Waals surface area (Å²) in [6.45, 7) is 1.92. The number of hydrogen-bond donors (Lipinski definition) is 1. The minimum atomic E-state index is -0.318. The molecule has 0 heterocycles. The summed E-state index contributed by atoms with van der Waals surface area (Å²) in [7, 11) is 0. The molecule has 0 atom stereocenters. The summed E-state index contributed by atoms with van der Waals surface area (Å²) in [5.41, 5.74) is 8.35. The van der Waals surface area contributed by atoms with Gasteiger partial charge in [-0.1, -0.05) is 24.3 Å². The molecule has 3 heteroatoms. The van der Waals surface area contributed by atoms with Crippen molar-refractivity contribution in [2.45, 2.75) is 6.92 Å². The van der Waals surface area contributed by atoms with Crippen LogP contribution in [0.5, 0.6) is 0 Å². The summed E-state index contributed by atoms with van der Waals surface area (Å²) >= 11 is 0. The highest BCUT2D eigenvalue weighted by Gasteiger charge is 2.13. The number of fused-ring (bicyclic) bond motifs is 1. The van der Waals surface area contributed by atoms with Crippen LogP contribution < -0.4 is 5.73 Å². The standard InChI is InChI=1S/C18H14FNO/c1-11-2-7-16(17(20)8-11)18(21)13-4-3-12-5-6-15(19)10-14(12)9-13/h2-10H,20H2,1H3. The van der Waals surface area contributed by atoms with Gasteiger partial charge < -0.3 is 5.73 Å². The molecule has 0 aliphatic rings. The molecular formula is C18H14FNO. The summed E-state index contributed by atoms with van der Waals surface area (Å²) in [5, 5.41) is 1.59. The van der Waals surface area contributed by atoms with E-state index in [2.05, 4.69) is 0 Å². The van der Waals surface area contributed by atoms with Gasteiger partial charge in [-0.15, -0.1) is 0 Å². The third-order valence-corrected chi connectivity index (χ3v) is 3.52. The Bertz CT molecular complexity index is 855. The maximum Gasteiger partial charge on any atom is 0.195 e. The van der Waals surface area contributed by atoms with Crippen LogP contribution in [0.25, 0.3) is 10.8 Å². The molecule has 0 aliphatic carbocycles. The summed E-state index contributed by atoms with van der Waals surface area (Å²) in [5.74, 6) is -0.472. The lowest BCUT2D eigenvalue weighted by atomic mass is 9.98. The van der Waals surface area contributed by atoms with Crippen LogP contribution in [0.4, 0.5) is 10.1 Å². The number of hydrogen-bond acceptors (Lipinski definition) is 2. The van der Waals surface area contributed by atoms with Crippen LogP contribution in [0.2, 0.25) is 0 Å². The molecular weight excluding hydrogens is 265 g/mol. The number of halogens is 1. The molecule has 0 amide bonds. The predicted octanol–water partition coefficient (Wildman–Crippen LogP) is 4.10. The van der Waals surface area contributed by atoms with Crippen LogP contribution in [0, 0.1) is 12.7 Å². The Hall–Kier alpha value is -2.68. The second-order valence-electron chi connectivity index (χ2n) is 5.13. The number of carbonyl (C=O) groups is 1. The summed E-state index contributed by atoms with van der Waals surface area (Å²) in [4.78, 5) is 12.5. The average Bonchev–Trinajstić information content (AvgIpc) is 2.46. The molecule has 2 N–H and O–H groups in total. The van der Waals surface area contributed by atoms with Crippen molar-refractivity contribution in [3.63, 3.8) is 0 Å². The highest BCUT2D eigenvalue weighted by atomic mass is 19.1. The smallest absolute Gasteiger partial charge is 0.195 e. The molecule has 0 fully saturated rings. The molecule has 104 valence electrons. The molecule has 0 spiro atoms. The van der Waals surface area contributed by atoms with Crippen molar-refractivity contribution in [2.75, 3.05) is 5.73 Å². The van der Waals surface area contributed by atoms with Gasteiger partial charge >= 0.3 is 0 Å². The Morgan fingerprint density at radius 2 is 1.71 bits per heavy atom. The highest BCUT2D eigenvalue weighted by molar-refractivity contribution is 6.13. The van der Waals surface area contributed by atoms with Gasteiger partial charge in [-0.3, -0.25) is 4.79 Å². The van der Waals surface area contributed by atoms with Crippen molar-refractivity contribution in [3.05, 3.63) is 77.1 Å². The van der Waals surface area contributed by atoms with E-state index in [1.807, 2.05) is 19.1 Å². The minimum absolute atomic E-state index is 0.154. The third kappa shape index (κ3) is 2.50. The fourth-order valence-corrected chi connectivity index (χ4v) is 2.40. The van der Waals surface area contributed by atoms with E-state index in [0.717, 1.165) is 10.9 Å². The first-order valence-corrected chi connectivity index (χ1v) is 6.65. The number of nitrogen functional groups attached to an aromatic ring is 1. The molecule has 3 aromatic rings. The normalized spacial score (nSPS) is 10.8. The van der Waals surface area contributed by atoms with Crippen molar-refractivity contribution in [3.8, 4) is 0 Å². The number of rotatable bonds is 2. The fourth-order valence-electron chi connectivity index (χ4n) is 2.40. The van der Waals surface area contributed by atoms with Crippen LogP contribution >= 0.6 is 0 Å². The zero-order chi connectivity index (χ0) is 15.0. The number of anilines is 1. The van der Waals surface area contributed by atoms with Crippen molar-refractivity contribution in [2.24, 2.45) is 0 Å². The zero-order valence-corrected chi connectivity index (χ0v) is 11.6. The molecule has 0 saturated heterocycles. The average molecular weight is 279 g/mol. The highest BCUT2D eigenvalue weighted by Crippen LogP contribution is 2.22. The Balaban J connectivity index is 2.08. The van der Waals surface area contributed by atoms with E-state index in [1.54, 1.807) is 30.3 Å². The molecule has 21 heavy (non-hydrogen) atoms. The molecule has 0 bridgehead atoms. The van der Waals surface area contributed by atoms with E-state index in [-0.39, 0.29) is 11.6 Å². The first-order chi connectivity index (χ1) is 10.0. The van der Waals surface area contributed by atoms with Crippen molar-refractivity contribution in [1.29, 1.82) is 0 Å². The number of carbonyl (C=O) groups excluding carboxylic acids is 1. The monoisotopic (exact) mass is 279 g/mol. The first-order valence-electron chi connectivity index (χ1n) is 6.65. The fraction of sp³-hybridized carbons (Fsp3) is 0.0556. The van der Waals surface area contributed by atoms with E-state index in [0.29, 0.717) is 22.2 Å². The Morgan fingerprint density at radius 1 is 0.952 bits per heavy atom. The van der Waals surface area contributed by atoms with Gasteiger partial charge in [0.2, 0.25) is 0 Å². The second-order valence-corrected chi connectivity index (χ2v) is 5.13. The maximum atomic E-state index is 13.3. The third-order valence-electron chi connectivity index (χ3n) is 3.52. The molecule has 0 saturated carbocycles. The number of nitrogens with two attached hydrogens (primary N) is 1. The van der Waals surface area contributed by atoms with E-state index in [9.17, 15) is 9.18 Å². The molecule has 0 unspecified atom stereocenters. The number of benzene rings is 3. The first kappa shape index (κ1) is 13.3. The molecule has 2 nitrogen and oxygen atoms in total. The second kappa shape index (κ2) is 5.02.